The summed E-state index contributed by atoms with van der Waals surface area (Å²) < 4.78 is 28.4. The normalized spacial score (nSPS) is 16.7. The Balaban J connectivity index is 2.03. The molecule has 1 N–H and O–H groups in total. The molecule has 21 heavy (non-hydrogen) atoms. The van der Waals surface area contributed by atoms with E-state index in [1.807, 2.05) is 6.07 Å². The molecule has 6 heteroatoms. The Labute approximate surface area is 123 Å². The van der Waals surface area contributed by atoms with Crippen molar-refractivity contribution in [3.63, 3.8) is 0 Å². The zero-order valence-electron chi connectivity index (χ0n) is 11.3. The number of hydrogen-bond donors (Lipinski definition) is 1. The van der Waals surface area contributed by atoms with Gasteiger partial charge in [-0.1, -0.05) is 30.3 Å². The van der Waals surface area contributed by atoms with Gasteiger partial charge in [0.25, 0.3) is 10.0 Å². The van der Waals surface area contributed by atoms with Gasteiger partial charge in [0.1, 0.15) is 10.7 Å². The smallest absolute Gasteiger partial charge is 0.285 e. The Morgan fingerprint density at radius 1 is 1.00 bits per heavy atom. The van der Waals surface area contributed by atoms with Gasteiger partial charge in [0.05, 0.1) is 0 Å². The van der Waals surface area contributed by atoms with Crippen LogP contribution >= 0.6 is 0 Å². The Bertz CT molecular complexity index is 826. The number of benzene rings is 1. The number of sulfonamides is 1. The molecule has 0 fully saturated rings. The van der Waals surface area contributed by atoms with Gasteiger partial charge in [-0.25, -0.2) is 0 Å². The Morgan fingerprint density at radius 2 is 1.67 bits per heavy atom. The molecule has 0 atom stereocenters. The number of pyridine rings is 1. The number of nitrogens with zero attached hydrogens (tertiary/aromatic N) is 2. The monoisotopic (exact) mass is 299 g/mol. The van der Waals surface area contributed by atoms with E-state index in [1.165, 1.54) is 0 Å². The van der Waals surface area contributed by atoms with Gasteiger partial charge in [0.15, 0.2) is 0 Å². The minimum Gasteiger partial charge on any atom is -0.339 e. The largest absolute Gasteiger partial charge is 0.339 e. The molecule has 2 heterocycles. The fourth-order valence-corrected chi connectivity index (χ4v) is 3.61. The quantitative estimate of drug-likeness (QED) is 0.925. The van der Waals surface area contributed by atoms with Crippen molar-refractivity contribution in [3.8, 4) is 0 Å². The van der Waals surface area contributed by atoms with Gasteiger partial charge in [-0.05, 0) is 24.6 Å². The first-order chi connectivity index (χ1) is 10.1. The maximum Gasteiger partial charge on any atom is 0.285 e. The second kappa shape index (κ2) is 5.14. The molecule has 106 valence electrons. The van der Waals surface area contributed by atoms with Crippen LogP contribution in [0.2, 0.25) is 0 Å². The van der Waals surface area contributed by atoms with Crippen molar-refractivity contribution in [1.29, 1.82) is 0 Å². The van der Waals surface area contributed by atoms with Crippen LogP contribution in [0.1, 0.15) is 12.5 Å². The summed E-state index contributed by atoms with van der Waals surface area (Å²) in [5, 5.41) is 3.02. The van der Waals surface area contributed by atoms with E-state index in [-0.39, 0.29) is 4.91 Å². The molecule has 0 radical (unpaired) electrons. The zero-order chi connectivity index (χ0) is 14.9. The van der Waals surface area contributed by atoms with Crippen LogP contribution in [0.4, 0.5) is 5.69 Å². The van der Waals surface area contributed by atoms with Crippen molar-refractivity contribution in [1.82, 2.24) is 4.98 Å². The van der Waals surface area contributed by atoms with E-state index in [2.05, 4.69) is 14.7 Å². The Morgan fingerprint density at radius 3 is 2.33 bits per heavy atom. The lowest BCUT2D eigenvalue weighted by Gasteiger charge is -2.06. The lowest BCUT2D eigenvalue weighted by Crippen LogP contribution is -2.11. The fourth-order valence-electron chi connectivity index (χ4n) is 2.18. The van der Waals surface area contributed by atoms with E-state index in [0.717, 1.165) is 5.69 Å². The van der Waals surface area contributed by atoms with E-state index < -0.39 is 10.0 Å². The molecular weight excluding hydrogens is 286 g/mol. The average Bonchev–Trinajstić information content (AvgIpc) is 2.70. The van der Waals surface area contributed by atoms with Crippen LogP contribution in [0.5, 0.6) is 0 Å². The summed E-state index contributed by atoms with van der Waals surface area (Å²) in [5.41, 5.74) is 2.00. The van der Waals surface area contributed by atoms with Gasteiger partial charge >= 0.3 is 0 Å². The molecule has 1 aliphatic heterocycles. The first-order valence-corrected chi connectivity index (χ1v) is 7.80. The molecule has 0 unspecified atom stereocenters. The summed E-state index contributed by atoms with van der Waals surface area (Å²) in [6.45, 7) is 1.75. The summed E-state index contributed by atoms with van der Waals surface area (Å²) in [6, 6.07) is 12.5. The topological polar surface area (TPSA) is 71.4 Å². The lowest BCUT2D eigenvalue weighted by atomic mass is 10.1. The highest BCUT2D eigenvalue weighted by Gasteiger charge is 2.30. The number of amidine groups is 1. The summed E-state index contributed by atoms with van der Waals surface area (Å²) in [5.74, 6) is 0.347. The molecule has 1 aromatic carbocycles. The highest BCUT2D eigenvalue weighted by Crippen LogP contribution is 2.32. The predicted molar refractivity (Wildman–Crippen MR) is 83.3 cm³/mol. The van der Waals surface area contributed by atoms with Crippen molar-refractivity contribution in [2.24, 2.45) is 4.40 Å². The van der Waals surface area contributed by atoms with E-state index in [0.29, 0.717) is 17.0 Å². The molecule has 0 aliphatic carbocycles. The van der Waals surface area contributed by atoms with E-state index >= 15 is 0 Å². The third kappa shape index (κ3) is 2.57. The minimum atomic E-state index is -3.67. The van der Waals surface area contributed by atoms with Gasteiger partial charge < -0.3 is 5.32 Å². The lowest BCUT2D eigenvalue weighted by molar-refractivity contribution is 0.608. The minimum absolute atomic E-state index is 0.250. The number of anilines is 1. The highest BCUT2D eigenvalue weighted by atomic mass is 32.2. The molecular formula is C15H13N3O2S. The number of rotatable bonds is 2. The summed E-state index contributed by atoms with van der Waals surface area (Å²) in [7, 11) is -3.67. The summed E-state index contributed by atoms with van der Waals surface area (Å²) in [4.78, 5) is 4.17. The van der Waals surface area contributed by atoms with E-state index in [4.69, 9.17) is 0 Å². The first-order valence-electron chi connectivity index (χ1n) is 6.36. The SMILES string of the molecule is CC1=C(c2ccccc2)S(=O)(=O)N=C1Nc1ccncc1. The van der Waals surface area contributed by atoms with Crippen molar-refractivity contribution in [2.75, 3.05) is 5.32 Å². The zero-order valence-corrected chi connectivity index (χ0v) is 12.1. The van der Waals surface area contributed by atoms with Crippen molar-refractivity contribution in [2.45, 2.75) is 6.92 Å². The molecule has 1 aliphatic rings. The van der Waals surface area contributed by atoms with Crippen molar-refractivity contribution >= 4 is 26.5 Å². The standard InChI is InChI=1S/C15H13N3O2S/c1-11-14(12-5-3-2-4-6-12)21(19,20)18-15(11)17-13-7-9-16-10-8-13/h2-10H,1H3,(H,16,17,18). The maximum atomic E-state index is 12.3. The number of nitrogens with one attached hydrogen (secondary N) is 1. The van der Waals surface area contributed by atoms with Crippen LogP contribution in [-0.2, 0) is 10.0 Å². The van der Waals surface area contributed by atoms with Crippen LogP contribution in [0.15, 0.2) is 64.8 Å². The molecule has 0 spiro atoms. The number of hydrogen-bond acceptors (Lipinski definition) is 4. The van der Waals surface area contributed by atoms with Gasteiger partial charge in [-0.2, -0.15) is 8.42 Å². The van der Waals surface area contributed by atoms with Crippen molar-refractivity contribution < 1.29 is 8.42 Å². The van der Waals surface area contributed by atoms with Crippen LogP contribution < -0.4 is 5.32 Å². The summed E-state index contributed by atoms with van der Waals surface area (Å²) >= 11 is 0. The fraction of sp³-hybridized carbons (Fsp3) is 0.0667. The summed E-state index contributed by atoms with van der Waals surface area (Å²) in [6.07, 6.45) is 3.26. The predicted octanol–water partition coefficient (Wildman–Crippen LogP) is 2.67. The van der Waals surface area contributed by atoms with Crippen molar-refractivity contribution in [3.05, 3.63) is 66.0 Å². The van der Waals surface area contributed by atoms with Crippen LogP contribution in [0.25, 0.3) is 4.91 Å². The average molecular weight is 299 g/mol. The van der Waals surface area contributed by atoms with Gasteiger partial charge in [0, 0.05) is 23.7 Å². The van der Waals surface area contributed by atoms with E-state index in [9.17, 15) is 8.42 Å². The molecule has 0 saturated carbocycles. The Kier molecular flexibility index (Phi) is 3.31. The van der Waals surface area contributed by atoms with Crippen LogP contribution in [0.3, 0.4) is 0 Å². The maximum absolute atomic E-state index is 12.3. The van der Waals surface area contributed by atoms with Crippen LogP contribution in [0, 0.1) is 0 Å². The highest BCUT2D eigenvalue weighted by molar-refractivity contribution is 8.00. The second-order valence-corrected chi connectivity index (χ2v) is 6.14. The first kappa shape index (κ1) is 13.5. The van der Waals surface area contributed by atoms with Crippen LogP contribution in [-0.4, -0.2) is 19.2 Å². The molecule has 3 rings (SSSR count). The molecule has 5 nitrogen and oxygen atoms in total. The van der Waals surface area contributed by atoms with Gasteiger partial charge in [0.2, 0.25) is 0 Å². The Hall–Kier alpha value is -2.47. The van der Waals surface area contributed by atoms with E-state index in [1.54, 1.807) is 55.7 Å². The molecule has 0 amide bonds. The van der Waals surface area contributed by atoms with Gasteiger partial charge in [-0.3, -0.25) is 4.98 Å². The molecule has 0 saturated heterocycles. The number of aromatic nitrogens is 1. The third-order valence-electron chi connectivity index (χ3n) is 3.14. The van der Waals surface area contributed by atoms with Gasteiger partial charge in [-0.15, -0.1) is 4.40 Å². The molecule has 2 aromatic rings. The second-order valence-electron chi connectivity index (χ2n) is 4.60. The molecule has 1 aromatic heterocycles. The third-order valence-corrected chi connectivity index (χ3v) is 4.62. The molecule has 0 bridgehead atoms.